The fourth-order valence-corrected chi connectivity index (χ4v) is 2.39. The molecule has 2 rings (SSSR count). The molecule has 2 heterocycles. The number of rotatable bonds is 7. The van der Waals surface area contributed by atoms with Gasteiger partial charge in [0.2, 0.25) is 5.95 Å². The van der Waals surface area contributed by atoms with Crippen LogP contribution in [0.15, 0.2) is 12.3 Å². The lowest BCUT2D eigenvalue weighted by Gasteiger charge is -2.17. The lowest BCUT2D eigenvalue weighted by atomic mass is 10.00. The van der Waals surface area contributed by atoms with Crippen molar-refractivity contribution < 1.29 is 4.74 Å². The van der Waals surface area contributed by atoms with Crippen LogP contribution in [0.4, 0.5) is 11.8 Å². The van der Waals surface area contributed by atoms with E-state index in [2.05, 4.69) is 34.4 Å². The molecule has 1 aliphatic heterocycles. The fourth-order valence-electron chi connectivity index (χ4n) is 2.39. The van der Waals surface area contributed by atoms with Crippen molar-refractivity contribution in [1.82, 2.24) is 9.97 Å². The van der Waals surface area contributed by atoms with E-state index in [0.717, 1.165) is 44.8 Å². The SMILES string of the molecule is CCCNc1nccc(NCC2CCOC2CC)n1. The molecule has 0 radical (unpaired) electrons. The highest BCUT2D eigenvalue weighted by atomic mass is 16.5. The summed E-state index contributed by atoms with van der Waals surface area (Å²) < 4.78 is 5.69. The predicted molar refractivity (Wildman–Crippen MR) is 77.4 cm³/mol. The van der Waals surface area contributed by atoms with Crippen LogP contribution in [0.25, 0.3) is 0 Å². The van der Waals surface area contributed by atoms with Crippen LogP contribution in [0.5, 0.6) is 0 Å². The highest BCUT2D eigenvalue weighted by Crippen LogP contribution is 2.23. The molecule has 5 nitrogen and oxygen atoms in total. The van der Waals surface area contributed by atoms with Gasteiger partial charge in [-0.2, -0.15) is 4.98 Å². The van der Waals surface area contributed by atoms with E-state index < -0.39 is 0 Å². The van der Waals surface area contributed by atoms with Gasteiger partial charge in [-0.3, -0.25) is 0 Å². The van der Waals surface area contributed by atoms with Gasteiger partial charge < -0.3 is 15.4 Å². The number of anilines is 2. The summed E-state index contributed by atoms with van der Waals surface area (Å²) in [5.41, 5.74) is 0. The van der Waals surface area contributed by atoms with E-state index in [-0.39, 0.29) is 0 Å². The quantitative estimate of drug-likeness (QED) is 0.792. The van der Waals surface area contributed by atoms with E-state index in [0.29, 0.717) is 18.0 Å². The van der Waals surface area contributed by atoms with E-state index >= 15 is 0 Å². The van der Waals surface area contributed by atoms with Crippen molar-refractivity contribution in [1.29, 1.82) is 0 Å². The van der Waals surface area contributed by atoms with E-state index in [1.807, 2.05) is 6.07 Å². The first-order chi connectivity index (χ1) is 9.33. The average molecular weight is 264 g/mol. The largest absolute Gasteiger partial charge is 0.378 e. The second kappa shape index (κ2) is 7.28. The van der Waals surface area contributed by atoms with Crippen molar-refractivity contribution in [2.75, 3.05) is 30.3 Å². The molecular formula is C14H24N4O. The maximum atomic E-state index is 5.69. The maximum absolute atomic E-state index is 5.69. The monoisotopic (exact) mass is 264 g/mol. The minimum atomic E-state index is 0.395. The smallest absolute Gasteiger partial charge is 0.224 e. The van der Waals surface area contributed by atoms with Crippen LogP contribution in [-0.4, -0.2) is 35.8 Å². The topological polar surface area (TPSA) is 59.1 Å². The van der Waals surface area contributed by atoms with Gasteiger partial charge in [-0.25, -0.2) is 4.98 Å². The third kappa shape index (κ3) is 4.06. The lowest BCUT2D eigenvalue weighted by Crippen LogP contribution is -2.23. The molecule has 1 aliphatic rings. The summed E-state index contributed by atoms with van der Waals surface area (Å²) in [6.07, 6.45) is 5.47. The minimum absolute atomic E-state index is 0.395. The molecule has 0 aromatic carbocycles. The molecule has 2 N–H and O–H groups in total. The second-order valence-electron chi connectivity index (χ2n) is 4.94. The summed E-state index contributed by atoms with van der Waals surface area (Å²) >= 11 is 0. The number of hydrogen-bond donors (Lipinski definition) is 2. The Kier molecular flexibility index (Phi) is 5.39. The van der Waals surface area contributed by atoms with E-state index in [4.69, 9.17) is 4.74 Å². The summed E-state index contributed by atoms with van der Waals surface area (Å²) in [5, 5.41) is 6.59. The van der Waals surface area contributed by atoms with Gasteiger partial charge in [0.25, 0.3) is 0 Å². The highest BCUT2D eigenvalue weighted by Gasteiger charge is 2.26. The lowest BCUT2D eigenvalue weighted by molar-refractivity contribution is 0.0900. The van der Waals surface area contributed by atoms with Crippen molar-refractivity contribution >= 4 is 11.8 Å². The Bertz CT molecular complexity index is 385. The van der Waals surface area contributed by atoms with E-state index in [1.54, 1.807) is 6.20 Å². The predicted octanol–water partition coefficient (Wildman–Crippen LogP) is 2.53. The van der Waals surface area contributed by atoms with Crippen LogP contribution >= 0.6 is 0 Å². The zero-order chi connectivity index (χ0) is 13.5. The number of nitrogens with zero attached hydrogens (tertiary/aromatic N) is 2. The van der Waals surface area contributed by atoms with Gasteiger partial charge in [0, 0.05) is 31.8 Å². The minimum Gasteiger partial charge on any atom is -0.378 e. The third-order valence-corrected chi connectivity index (χ3v) is 3.48. The molecule has 1 aromatic heterocycles. The molecule has 0 spiro atoms. The zero-order valence-electron chi connectivity index (χ0n) is 11.9. The molecule has 0 bridgehead atoms. The Labute approximate surface area is 115 Å². The Hall–Kier alpha value is -1.36. The Morgan fingerprint density at radius 2 is 2.26 bits per heavy atom. The van der Waals surface area contributed by atoms with Crippen LogP contribution in [0.3, 0.4) is 0 Å². The third-order valence-electron chi connectivity index (χ3n) is 3.48. The fraction of sp³-hybridized carbons (Fsp3) is 0.714. The van der Waals surface area contributed by atoms with Gasteiger partial charge in [0.15, 0.2) is 0 Å². The van der Waals surface area contributed by atoms with Crippen LogP contribution < -0.4 is 10.6 Å². The van der Waals surface area contributed by atoms with Gasteiger partial charge in [-0.05, 0) is 25.3 Å². The van der Waals surface area contributed by atoms with Gasteiger partial charge in [0.05, 0.1) is 6.10 Å². The first kappa shape index (κ1) is 14.1. The second-order valence-corrected chi connectivity index (χ2v) is 4.94. The first-order valence-electron chi connectivity index (χ1n) is 7.25. The Morgan fingerprint density at radius 1 is 1.37 bits per heavy atom. The highest BCUT2D eigenvalue weighted by molar-refractivity contribution is 5.39. The molecule has 1 saturated heterocycles. The summed E-state index contributed by atoms with van der Waals surface area (Å²) in [4.78, 5) is 8.65. The molecule has 5 heteroatoms. The molecule has 1 aromatic rings. The number of nitrogens with one attached hydrogen (secondary N) is 2. The van der Waals surface area contributed by atoms with Gasteiger partial charge in [-0.15, -0.1) is 0 Å². The molecule has 106 valence electrons. The van der Waals surface area contributed by atoms with Crippen molar-refractivity contribution in [3.8, 4) is 0 Å². The number of hydrogen-bond acceptors (Lipinski definition) is 5. The van der Waals surface area contributed by atoms with Crippen LogP contribution in [-0.2, 0) is 4.74 Å². The van der Waals surface area contributed by atoms with Crippen LogP contribution in [0.1, 0.15) is 33.1 Å². The summed E-state index contributed by atoms with van der Waals surface area (Å²) in [6, 6.07) is 1.91. The first-order valence-corrected chi connectivity index (χ1v) is 7.25. The number of ether oxygens (including phenoxy) is 1. The molecule has 2 unspecified atom stereocenters. The maximum Gasteiger partial charge on any atom is 0.224 e. The standard InChI is InChI=1S/C14H24N4O/c1-3-7-15-14-16-8-5-13(18-14)17-10-11-6-9-19-12(11)4-2/h5,8,11-12H,3-4,6-7,9-10H2,1-2H3,(H2,15,16,17,18). The van der Waals surface area contributed by atoms with E-state index in [9.17, 15) is 0 Å². The molecule has 2 atom stereocenters. The summed E-state index contributed by atoms with van der Waals surface area (Å²) in [5.74, 6) is 2.17. The normalized spacial score (nSPS) is 22.4. The Balaban J connectivity index is 1.85. The molecule has 0 saturated carbocycles. The average Bonchev–Trinajstić information content (AvgIpc) is 2.91. The van der Waals surface area contributed by atoms with Crippen LogP contribution in [0.2, 0.25) is 0 Å². The van der Waals surface area contributed by atoms with Crippen LogP contribution in [0, 0.1) is 5.92 Å². The van der Waals surface area contributed by atoms with Gasteiger partial charge in [0.1, 0.15) is 5.82 Å². The Morgan fingerprint density at radius 3 is 3.05 bits per heavy atom. The number of aromatic nitrogens is 2. The molecule has 1 fully saturated rings. The van der Waals surface area contributed by atoms with E-state index in [1.165, 1.54) is 0 Å². The van der Waals surface area contributed by atoms with Crippen molar-refractivity contribution in [3.05, 3.63) is 12.3 Å². The summed E-state index contributed by atoms with van der Waals surface area (Å²) in [7, 11) is 0. The molecule has 19 heavy (non-hydrogen) atoms. The van der Waals surface area contributed by atoms with Gasteiger partial charge >= 0.3 is 0 Å². The molecule has 0 amide bonds. The van der Waals surface area contributed by atoms with Crippen molar-refractivity contribution in [3.63, 3.8) is 0 Å². The van der Waals surface area contributed by atoms with Crippen molar-refractivity contribution in [2.24, 2.45) is 5.92 Å². The zero-order valence-corrected chi connectivity index (χ0v) is 11.9. The molecular weight excluding hydrogens is 240 g/mol. The van der Waals surface area contributed by atoms with Gasteiger partial charge in [-0.1, -0.05) is 13.8 Å². The molecule has 0 aliphatic carbocycles. The summed E-state index contributed by atoms with van der Waals surface area (Å²) in [6.45, 7) is 7.01. The van der Waals surface area contributed by atoms with Crippen molar-refractivity contribution in [2.45, 2.75) is 39.2 Å².